The first kappa shape index (κ1) is 12.6. The molecule has 0 fully saturated rings. The minimum atomic E-state index is 0.589. The average molecular weight is 223 g/mol. The second kappa shape index (κ2) is 5.58. The number of guanidine groups is 1. The third-order valence-electron chi connectivity index (χ3n) is 2.64. The Morgan fingerprint density at radius 2 is 2.00 bits per heavy atom. The van der Waals surface area contributed by atoms with Gasteiger partial charge in [0.25, 0.3) is 0 Å². The maximum atomic E-state index is 5.89. The van der Waals surface area contributed by atoms with Crippen LogP contribution in [0.15, 0.2) is 15.5 Å². The molecule has 0 radical (unpaired) electrons. The van der Waals surface area contributed by atoms with E-state index in [1.807, 2.05) is 24.8 Å². The molecule has 0 bridgehead atoms. The van der Waals surface area contributed by atoms with Crippen molar-refractivity contribution in [1.29, 1.82) is 0 Å². The molecule has 0 atom stereocenters. The molecule has 1 aromatic heterocycles. The summed E-state index contributed by atoms with van der Waals surface area (Å²) in [6.07, 6.45) is 0. The molecule has 1 rings (SSSR count). The van der Waals surface area contributed by atoms with Gasteiger partial charge in [-0.15, -0.1) is 0 Å². The fourth-order valence-corrected chi connectivity index (χ4v) is 1.65. The molecular formula is C12H21N3O. The van der Waals surface area contributed by atoms with Crippen LogP contribution in [0.4, 0.5) is 0 Å². The summed E-state index contributed by atoms with van der Waals surface area (Å²) >= 11 is 0. The van der Waals surface area contributed by atoms with Crippen LogP contribution in [-0.4, -0.2) is 23.9 Å². The van der Waals surface area contributed by atoms with Crippen LogP contribution in [0.5, 0.6) is 0 Å². The zero-order valence-electron chi connectivity index (χ0n) is 10.6. The van der Waals surface area contributed by atoms with Crippen LogP contribution in [0.3, 0.4) is 0 Å². The lowest BCUT2D eigenvalue weighted by Crippen LogP contribution is -2.37. The smallest absolute Gasteiger partial charge is 0.191 e. The van der Waals surface area contributed by atoms with Crippen molar-refractivity contribution in [2.45, 2.75) is 34.2 Å². The van der Waals surface area contributed by atoms with Crippen LogP contribution in [-0.2, 0) is 6.54 Å². The number of nitrogens with zero attached hydrogens (tertiary/aromatic N) is 2. The van der Waals surface area contributed by atoms with Crippen LogP contribution in [0, 0.1) is 13.8 Å². The first-order valence-electron chi connectivity index (χ1n) is 5.69. The molecule has 0 spiro atoms. The predicted octanol–water partition coefficient (Wildman–Crippen LogP) is 2.05. The van der Waals surface area contributed by atoms with Gasteiger partial charge in [-0.2, -0.15) is 0 Å². The van der Waals surface area contributed by atoms with E-state index in [1.54, 1.807) is 0 Å². The Morgan fingerprint density at radius 1 is 1.38 bits per heavy atom. The standard InChI is InChI=1S/C12H21N3O/c1-5-15(6-2)12(13)14-8-11-7-9(3)16-10(11)4/h7H,5-6,8H2,1-4H3,(H2,13,14). The molecule has 0 saturated heterocycles. The number of furan rings is 1. The van der Waals surface area contributed by atoms with Gasteiger partial charge < -0.3 is 15.1 Å². The molecule has 0 unspecified atom stereocenters. The second-order valence-electron chi connectivity index (χ2n) is 3.79. The topological polar surface area (TPSA) is 54.8 Å². The quantitative estimate of drug-likeness (QED) is 0.628. The Morgan fingerprint density at radius 3 is 2.44 bits per heavy atom. The Bertz CT molecular complexity index is 364. The zero-order valence-corrected chi connectivity index (χ0v) is 10.6. The fourth-order valence-electron chi connectivity index (χ4n) is 1.65. The van der Waals surface area contributed by atoms with E-state index in [-0.39, 0.29) is 0 Å². The first-order chi connectivity index (χ1) is 7.58. The third kappa shape index (κ3) is 3.02. The van der Waals surface area contributed by atoms with Gasteiger partial charge in [0.2, 0.25) is 0 Å². The molecule has 90 valence electrons. The molecular weight excluding hydrogens is 202 g/mol. The third-order valence-corrected chi connectivity index (χ3v) is 2.64. The van der Waals surface area contributed by atoms with Crippen LogP contribution >= 0.6 is 0 Å². The van der Waals surface area contributed by atoms with Crippen LogP contribution in [0.1, 0.15) is 30.9 Å². The number of hydrogen-bond acceptors (Lipinski definition) is 2. The number of aliphatic imine (C=N–C) groups is 1. The van der Waals surface area contributed by atoms with Crippen molar-refractivity contribution in [2.24, 2.45) is 10.7 Å². The lowest BCUT2D eigenvalue weighted by atomic mass is 10.2. The van der Waals surface area contributed by atoms with Gasteiger partial charge in [-0.25, -0.2) is 4.99 Å². The van der Waals surface area contributed by atoms with Gasteiger partial charge >= 0.3 is 0 Å². The van der Waals surface area contributed by atoms with Gasteiger partial charge in [-0.3, -0.25) is 0 Å². The Kier molecular flexibility index (Phi) is 4.40. The monoisotopic (exact) mass is 223 g/mol. The Balaban J connectivity index is 2.68. The molecule has 0 aliphatic carbocycles. The summed E-state index contributed by atoms with van der Waals surface area (Å²) in [4.78, 5) is 6.40. The minimum absolute atomic E-state index is 0.589. The molecule has 1 aromatic rings. The van der Waals surface area contributed by atoms with E-state index in [0.29, 0.717) is 12.5 Å². The fraction of sp³-hybridized carbons (Fsp3) is 0.583. The highest BCUT2D eigenvalue weighted by molar-refractivity contribution is 5.78. The largest absolute Gasteiger partial charge is 0.466 e. The first-order valence-corrected chi connectivity index (χ1v) is 5.69. The summed E-state index contributed by atoms with van der Waals surface area (Å²) in [7, 11) is 0. The lowest BCUT2D eigenvalue weighted by molar-refractivity contribution is 0.458. The van der Waals surface area contributed by atoms with E-state index >= 15 is 0 Å². The highest BCUT2D eigenvalue weighted by atomic mass is 16.3. The van der Waals surface area contributed by atoms with Gasteiger partial charge in [-0.05, 0) is 33.8 Å². The van der Waals surface area contributed by atoms with Crippen molar-refractivity contribution in [1.82, 2.24) is 4.90 Å². The molecule has 4 heteroatoms. The number of aryl methyl sites for hydroxylation is 2. The molecule has 0 aliphatic heterocycles. The van der Waals surface area contributed by atoms with Crippen LogP contribution in [0.2, 0.25) is 0 Å². The summed E-state index contributed by atoms with van der Waals surface area (Å²) in [6.45, 7) is 10.4. The Hall–Kier alpha value is -1.45. The van der Waals surface area contributed by atoms with Gasteiger partial charge in [-0.1, -0.05) is 0 Å². The van der Waals surface area contributed by atoms with E-state index in [1.165, 1.54) is 0 Å². The van der Waals surface area contributed by atoms with Crippen molar-refractivity contribution < 1.29 is 4.42 Å². The van der Waals surface area contributed by atoms with Crippen molar-refractivity contribution >= 4 is 5.96 Å². The average Bonchev–Trinajstić information content (AvgIpc) is 2.56. The molecule has 2 N–H and O–H groups in total. The van der Waals surface area contributed by atoms with E-state index in [0.717, 1.165) is 30.2 Å². The molecule has 0 aliphatic rings. The van der Waals surface area contributed by atoms with E-state index in [4.69, 9.17) is 10.2 Å². The minimum Gasteiger partial charge on any atom is -0.466 e. The van der Waals surface area contributed by atoms with Crippen LogP contribution < -0.4 is 5.73 Å². The Labute approximate surface area is 97.1 Å². The van der Waals surface area contributed by atoms with Crippen molar-refractivity contribution in [3.63, 3.8) is 0 Å². The maximum absolute atomic E-state index is 5.89. The molecule has 4 nitrogen and oxygen atoms in total. The molecule has 16 heavy (non-hydrogen) atoms. The highest BCUT2D eigenvalue weighted by Gasteiger charge is 2.05. The molecule has 1 heterocycles. The van der Waals surface area contributed by atoms with E-state index in [2.05, 4.69) is 18.8 Å². The summed E-state index contributed by atoms with van der Waals surface area (Å²) in [5.74, 6) is 2.45. The van der Waals surface area contributed by atoms with Crippen molar-refractivity contribution in [2.75, 3.05) is 13.1 Å². The molecule has 0 aromatic carbocycles. The van der Waals surface area contributed by atoms with Crippen LogP contribution in [0.25, 0.3) is 0 Å². The summed E-state index contributed by atoms with van der Waals surface area (Å²) < 4.78 is 5.44. The highest BCUT2D eigenvalue weighted by Crippen LogP contribution is 2.14. The lowest BCUT2D eigenvalue weighted by Gasteiger charge is -2.19. The molecule has 0 saturated carbocycles. The van der Waals surface area contributed by atoms with Gasteiger partial charge in [0, 0.05) is 18.7 Å². The number of hydrogen-bond donors (Lipinski definition) is 1. The zero-order chi connectivity index (χ0) is 12.1. The van der Waals surface area contributed by atoms with Crippen molar-refractivity contribution in [3.8, 4) is 0 Å². The van der Waals surface area contributed by atoms with E-state index in [9.17, 15) is 0 Å². The second-order valence-corrected chi connectivity index (χ2v) is 3.79. The summed E-state index contributed by atoms with van der Waals surface area (Å²) in [5, 5.41) is 0. The van der Waals surface area contributed by atoms with Crippen molar-refractivity contribution in [3.05, 3.63) is 23.2 Å². The van der Waals surface area contributed by atoms with Gasteiger partial charge in [0.05, 0.1) is 6.54 Å². The molecule has 0 amide bonds. The SMILES string of the molecule is CCN(CC)C(N)=NCc1cc(C)oc1C. The maximum Gasteiger partial charge on any atom is 0.191 e. The normalized spacial score (nSPS) is 11.9. The summed E-state index contributed by atoms with van der Waals surface area (Å²) in [6, 6.07) is 2.01. The summed E-state index contributed by atoms with van der Waals surface area (Å²) in [5.41, 5.74) is 6.99. The van der Waals surface area contributed by atoms with Gasteiger partial charge in [0.15, 0.2) is 5.96 Å². The van der Waals surface area contributed by atoms with Gasteiger partial charge in [0.1, 0.15) is 11.5 Å². The van der Waals surface area contributed by atoms with E-state index < -0.39 is 0 Å². The number of nitrogens with two attached hydrogens (primary N) is 1. The predicted molar refractivity (Wildman–Crippen MR) is 66.4 cm³/mol. The number of rotatable bonds is 4.